The van der Waals surface area contributed by atoms with E-state index in [1.807, 2.05) is 26.0 Å². The number of benzene rings is 1. The van der Waals surface area contributed by atoms with Gasteiger partial charge in [-0.25, -0.2) is 0 Å². The van der Waals surface area contributed by atoms with Gasteiger partial charge >= 0.3 is 0 Å². The summed E-state index contributed by atoms with van der Waals surface area (Å²) in [6, 6.07) is 4.54. The van der Waals surface area contributed by atoms with Gasteiger partial charge in [0.2, 0.25) is 0 Å². The van der Waals surface area contributed by atoms with Gasteiger partial charge in [-0.15, -0.1) is 0 Å². The standard InChI is InChI=1S/C14H21N.C12H19N.C2H6/c1-10-6-7-13-12(11(10)2)8-9-15(13)14(3,4)5;1-6-10-8-9-13(11(10)7-2)12(3,4)5;1-2/h6-7H,8-9H2,1-5H3;6-7H,1-2,8-9H2,3-5H3;1-2H3. The Kier molecular flexibility index (Phi) is 9.02. The third-order valence-corrected chi connectivity index (χ3v) is 6.00. The van der Waals surface area contributed by atoms with E-state index < -0.39 is 0 Å². The summed E-state index contributed by atoms with van der Waals surface area (Å²) < 4.78 is 0. The Hall–Kier alpha value is -1.96. The fourth-order valence-electron chi connectivity index (χ4n) is 4.27. The van der Waals surface area contributed by atoms with Crippen LogP contribution < -0.4 is 4.90 Å². The Morgan fingerprint density at radius 3 is 1.80 bits per heavy atom. The van der Waals surface area contributed by atoms with Gasteiger partial charge in [0.05, 0.1) is 0 Å². The first-order valence-corrected chi connectivity index (χ1v) is 11.5. The van der Waals surface area contributed by atoms with Crippen LogP contribution in [0.4, 0.5) is 5.69 Å². The van der Waals surface area contributed by atoms with Crippen molar-refractivity contribution >= 4 is 5.69 Å². The Morgan fingerprint density at radius 1 is 0.800 bits per heavy atom. The second-order valence-corrected chi connectivity index (χ2v) is 9.97. The van der Waals surface area contributed by atoms with Crippen molar-refractivity contribution in [3.05, 3.63) is 65.4 Å². The molecule has 0 fully saturated rings. The number of anilines is 1. The number of hydrogen-bond donors (Lipinski definition) is 0. The average molecular weight is 411 g/mol. The van der Waals surface area contributed by atoms with Crippen molar-refractivity contribution in [2.45, 2.75) is 93.2 Å². The van der Waals surface area contributed by atoms with E-state index >= 15 is 0 Å². The fraction of sp³-hybridized carbons (Fsp3) is 0.571. The zero-order chi connectivity index (χ0) is 23.3. The number of rotatable bonds is 2. The largest absolute Gasteiger partial charge is 0.366 e. The molecule has 2 nitrogen and oxygen atoms in total. The molecule has 0 radical (unpaired) electrons. The van der Waals surface area contributed by atoms with Crippen LogP contribution in [0.25, 0.3) is 0 Å². The maximum Gasteiger partial charge on any atom is 0.0406 e. The molecule has 0 aliphatic carbocycles. The van der Waals surface area contributed by atoms with Crippen LogP contribution in [0.15, 0.2) is 48.7 Å². The van der Waals surface area contributed by atoms with E-state index in [0.717, 1.165) is 13.0 Å². The van der Waals surface area contributed by atoms with Crippen LogP contribution in [0.3, 0.4) is 0 Å². The molecule has 0 spiro atoms. The number of allylic oxidation sites excluding steroid dienone is 2. The Balaban J connectivity index is 0.000000280. The van der Waals surface area contributed by atoms with Gasteiger partial charge in [0, 0.05) is 35.6 Å². The molecule has 168 valence electrons. The lowest BCUT2D eigenvalue weighted by molar-refractivity contribution is 0.209. The summed E-state index contributed by atoms with van der Waals surface area (Å²) in [6.07, 6.45) is 6.19. The van der Waals surface area contributed by atoms with E-state index in [1.54, 1.807) is 5.56 Å². The van der Waals surface area contributed by atoms with E-state index in [-0.39, 0.29) is 11.1 Å². The molecule has 0 unspecified atom stereocenters. The molecule has 0 saturated carbocycles. The minimum atomic E-state index is 0.189. The lowest BCUT2D eigenvalue weighted by atomic mass is 10.0. The van der Waals surface area contributed by atoms with Gasteiger partial charge < -0.3 is 9.80 Å². The highest BCUT2D eigenvalue weighted by Gasteiger charge is 2.29. The first kappa shape index (κ1) is 26.1. The third kappa shape index (κ3) is 5.80. The number of nitrogens with zero attached hydrogens (tertiary/aromatic N) is 2. The highest BCUT2D eigenvalue weighted by Crippen LogP contribution is 2.36. The van der Waals surface area contributed by atoms with Gasteiger partial charge in [0.25, 0.3) is 0 Å². The van der Waals surface area contributed by atoms with Crippen molar-refractivity contribution in [2.75, 3.05) is 18.0 Å². The van der Waals surface area contributed by atoms with Crippen molar-refractivity contribution in [2.24, 2.45) is 0 Å². The molecule has 0 saturated heterocycles. The molecule has 1 aromatic rings. The molecule has 30 heavy (non-hydrogen) atoms. The van der Waals surface area contributed by atoms with Crippen LogP contribution in [0.2, 0.25) is 0 Å². The molecule has 0 aromatic heterocycles. The second-order valence-electron chi connectivity index (χ2n) is 9.97. The predicted molar refractivity (Wildman–Crippen MR) is 137 cm³/mol. The third-order valence-electron chi connectivity index (χ3n) is 6.00. The smallest absolute Gasteiger partial charge is 0.0406 e. The first-order chi connectivity index (χ1) is 13.9. The molecular weight excluding hydrogens is 364 g/mol. The molecule has 2 aliphatic heterocycles. The van der Waals surface area contributed by atoms with Crippen molar-refractivity contribution < 1.29 is 0 Å². The summed E-state index contributed by atoms with van der Waals surface area (Å²) >= 11 is 0. The molecule has 2 heterocycles. The fourth-order valence-corrected chi connectivity index (χ4v) is 4.27. The topological polar surface area (TPSA) is 6.48 Å². The van der Waals surface area contributed by atoms with Crippen LogP contribution in [0.1, 0.15) is 78.5 Å². The molecule has 2 heteroatoms. The molecular formula is C28H46N2. The Bertz CT molecular complexity index is 769. The van der Waals surface area contributed by atoms with Crippen LogP contribution >= 0.6 is 0 Å². The molecule has 2 aliphatic rings. The zero-order valence-electron chi connectivity index (χ0n) is 21.4. The zero-order valence-corrected chi connectivity index (χ0v) is 21.4. The lowest BCUT2D eigenvalue weighted by Crippen LogP contribution is -2.40. The lowest BCUT2D eigenvalue weighted by Gasteiger charge is -2.35. The normalized spacial score (nSPS) is 15.8. The van der Waals surface area contributed by atoms with Gasteiger partial charge in [0.1, 0.15) is 0 Å². The summed E-state index contributed by atoms with van der Waals surface area (Å²) in [5.74, 6) is 0. The molecule has 0 atom stereocenters. The van der Waals surface area contributed by atoms with Gasteiger partial charge in [-0.2, -0.15) is 0 Å². The van der Waals surface area contributed by atoms with Crippen LogP contribution in [0.5, 0.6) is 0 Å². The minimum absolute atomic E-state index is 0.189. The Labute approximate surface area is 187 Å². The Morgan fingerprint density at radius 2 is 1.33 bits per heavy atom. The van der Waals surface area contributed by atoms with Gasteiger partial charge in [0.15, 0.2) is 0 Å². The summed E-state index contributed by atoms with van der Waals surface area (Å²) in [5.41, 5.74) is 8.92. The summed E-state index contributed by atoms with van der Waals surface area (Å²) in [6.45, 7) is 31.9. The van der Waals surface area contributed by atoms with E-state index in [2.05, 4.69) is 90.5 Å². The van der Waals surface area contributed by atoms with Crippen LogP contribution in [-0.4, -0.2) is 29.1 Å². The number of hydrogen-bond acceptors (Lipinski definition) is 2. The van der Waals surface area contributed by atoms with Gasteiger partial charge in [-0.1, -0.05) is 39.1 Å². The second kappa shape index (κ2) is 10.4. The van der Waals surface area contributed by atoms with Crippen molar-refractivity contribution in [1.82, 2.24) is 4.90 Å². The summed E-state index contributed by atoms with van der Waals surface area (Å²) in [4.78, 5) is 4.91. The maximum absolute atomic E-state index is 3.86. The average Bonchev–Trinajstić information content (AvgIpc) is 3.30. The van der Waals surface area contributed by atoms with E-state index in [4.69, 9.17) is 0 Å². The van der Waals surface area contributed by atoms with Crippen molar-refractivity contribution in [1.29, 1.82) is 0 Å². The minimum Gasteiger partial charge on any atom is -0.366 e. The van der Waals surface area contributed by atoms with Crippen molar-refractivity contribution in [3.8, 4) is 0 Å². The quantitative estimate of drug-likeness (QED) is 0.495. The highest BCUT2D eigenvalue weighted by atomic mass is 15.2. The molecule has 0 amide bonds. The number of fused-ring (bicyclic) bond motifs is 1. The van der Waals surface area contributed by atoms with E-state index in [9.17, 15) is 0 Å². The summed E-state index contributed by atoms with van der Waals surface area (Å²) in [7, 11) is 0. The van der Waals surface area contributed by atoms with Crippen LogP contribution in [-0.2, 0) is 6.42 Å². The monoisotopic (exact) mass is 410 g/mol. The van der Waals surface area contributed by atoms with E-state index in [0.29, 0.717) is 0 Å². The summed E-state index contributed by atoms with van der Waals surface area (Å²) in [5, 5.41) is 0. The predicted octanol–water partition coefficient (Wildman–Crippen LogP) is 7.61. The molecule has 1 aromatic carbocycles. The van der Waals surface area contributed by atoms with Gasteiger partial charge in [-0.05, 0) is 103 Å². The molecule has 0 bridgehead atoms. The first-order valence-electron chi connectivity index (χ1n) is 11.5. The van der Waals surface area contributed by atoms with Crippen LogP contribution in [0, 0.1) is 13.8 Å². The highest BCUT2D eigenvalue weighted by molar-refractivity contribution is 5.63. The van der Waals surface area contributed by atoms with Gasteiger partial charge in [-0.3, -0.25) is 0 Å². The number of aryl methyl sites for hydroxylation is 1. The molecule has 0 N–H and O–H groups in total. The SMILES string of the molecule is C=CC1=C(C=C)N(C(C)(C)C)CC1.CC.Cc1ccc2c(c1C)CCN2C(C)(C)C. The van der Waals surface area contributed by atoms with Crippen molar-refractivity contribution in [3.63, 3.8) is 0 Å². The molecule has 3 rings (SSSR count). The van der Waals surface area contributed by atoms with E-state index in [1.165, 1.54) is 41.1 Å². The maximum atomic E-state index is 3.86.